The second-order valence-corrected chi connectivity index (χ2v) is 7.47. The third-order valence-electron chi connectivity index (χ3n) is 4.61. The molecule has 0 aliphatic rings. The number of benzene rings is 2. The predicted molar refractivity (Wildman–Crippen MR) is 114 cm³/mol. The number of Topliss-reactive ketones (excluding diaryl/α,β-unsaturated/α-hetero) is 1. The first-order valence-electron chi connectivity index (χ1n) is 9.29. The fourth-order valence-corrected chi connectivity index (χ4v) is 3.86. The average molecular weight is 416 g/mol. The maximum Gasteiger partial charge on any atom is 0.277 e. The highest BCUT2D eigenvalue weighted by molar-refractivity contribution is 7.99. The number of carbonyl (C=O) groups is 1. The summed E-state index contributed by atoms with van der Waals surface area (Å²) in [5, 5.41) is 10.2. The van der Waals surface area contributed by atoms with Gasteiger partial charge in [0.2, 0.25) is 0 Å². The molecule has 30 heavy (non-hydrogen) atoms. The van der Waals surface area contributed by atoms with Crippen LogP contribution >= 0.6 is 11.8 Å². The molecule has 5 aromatic rings. The van der Waals surface area contributed by atoms with Crippen LogP contribution in [-0.2, 0) is 6.61 Å². The van der Waals surface area contributed by atoms with Gasteiger partial charge in [-0.25, -0.2) is 0 Å². The molecule has 0 spiro atoms. The lowest BCUT2D eigenvalue weighted by atomic mass is 10.1. The monoisotopic (exact) mass is 416 g/mol. The summed E-state index contributed by atoms with van der Waals surface area (Å²) >= 11 is 1.21. The van der Waals surface area contributed by atoms with Crippen LogP contribution in [0.1, 0.15) is 16.2 Å². The normalized spacial score (nSPS) is 11.2. The van der Waals surface area contributed by atoms with E-state index in [4.69, 9.17) is 9.15 Å². The number of aromatic nitrogens is 4. The number of nitrogens with zero attached hydrogens (tertiary/aromatic N) is 3. The minimum absolute atomic E-state index is 0.00437. The van der Waals surface area contributed by atoms with Gasteiger partial charge in [-0.05, 0) is 18.2 Å². The molecule has 0 aliphatic heterocycles. The Hall–Kier alpha value is -3.65. The summed E-state index contributed by atoms with van der Waals surface area (Å²) < 4.78 is 11.4. The van der Waals surface area contributed by atoms with E-state index in [0.29, 0.717) is 22.4 Å². The number of ketones is 1. The van der Waals surface area contributed by atoms with Gasteiger partial charge in [0.25, 0.3) is 11.1 Å². The van der Waals surface area contributed by atoms with Gasteiger partial charge in [0, 0.05) is 34.2 Å². The molecule has 2 aromatic carbocycles. The predicted octanol–water partition coefficient (Wildman–Crippen LogP) is 4.65. The Bertz CT molecular complexity index is 1340. The molecule has 0 amide bonds. The van der Waals surface area contributed by atoms with Gasteiger partial charge in [-0.3, -0.25) is 9.78 Å². The number of nitrogens with one attached hydrogen (secondary N) is 1. The summed E-state index contributed by atoms with van der Waals surface area (Å²) in [6.45, 7) is 0.125. The van der Waals surface area contributed by atoms with Crippen molar-refractivity contribution in [2.45, 2.75) is 11.8 Å². The Morgan fingerprint density at radius 3 is 2.93 bits per heavy atom. The zero-order valence-electron chi connectivity index (χ0n) is 15.7. The molecule has 0 radical (unpaired) electrons. The number of hydrogen-bond acceptors (Lipinski definition) is 7. The number of aromatic amines is 1. The van der Waals surface area contributed by atoms with Crippen LogP contribution in [0.25, 0.3) is 21.8 Å². The van der Waals surface area contributed by atoms with Crippen molar-refractivity contribution < 1.29 is 13.9 Å². The van der Waals surface area contributed by atoms with Crippen LogP contribution < -0.4 is 4.74 Å². The van der Waals surface area contributed by atoms with Gasteiger partial charge in [0.05, 0.1) is 5.75 Å². The maximum absolute atomic E-state index is 12.6. The summed E-state index contributed by atoms with van der Waals surface area (Å²) in [4.78, 5) is 20.0. The molecule has 0 fully saturated rings. The molecule has 0 bridgehead atoms. The second kappa shape index (κ2) is 8.00. The van der Waals surface area contributed by atoms with Crippen molar-refractivity contribution in [1.82, 2.24) is 20.2 Å². The van der Waals surface area contributed by atoms with Crippen LogP contribution in [0.15, 0.2) is 76.6 Å². The van der Waals surface area contributed by atoms with Gasteiger partial charge in [-0.15, -0.1) is 10.2 Å². The first kappa shape index (κ1) is 18.4. The van der Waals surface area contributed by atoms with Gasteiger partial charge in [-0.2, -0.15) is 0 Å². The van der Waals surface area contributed by atoms with Gasteiger partial charge < -0.3 is 14.1 Å². The molecule has 3 aromatic heterocycles. The van der Waals surface area contributed by atoms with Crippen LogP contribution in [0.4, 0.5) is 0 Å². The molecular formula is C22H16N4O3S. The van der Waals surface area contributed by atoms with Crippen LogP contribution in [0.2, 0.25) is 0 Å². The second-order valence-electron chi connectivity index (χ2n) is 6.54. The minimum Gasteiger partial charge on any atom is -0.482 e. The third kappa shape index (κ3) is 3.65. The molecular weight excluding hydrogens is 400 g/mol. The van der Waals surface area contributed by atoms with E-state index < -0.39 is 0 Å². The van der Waals surface area contributed by atoms with Crippen molar-refractivity contribution in [3.05, 3.63) is 78.4 Å². The van der Waals surface area contributed by atoms with Crippen LogP contribution in [0.3, 0.4) is 0 Å². The molecule has 0 saturated heterocycles. The number of ether oxygens (including phenoxy) is 1. The highest BCUT2D eigenvalue weighted by Crippen LogP contribution is 2.25. The fourth-order valence-electron chi connectivity index (χ4n) is 3.19. The Morgan fingerprint density at radius 1 is 1.07 bits per heavy atom. The van der Waals surface area contributed by atoms with Gasteiger partial charge in [0.15, 0.2) is 12.4 Å². The van der Waals surface area contributed by atoms with E-state index in [1.807, 2.05) is 54.6 Å². The van der Waals surface area contributed by atoms with Crippen molar-refractivity contribution in [1.29, 1.82) is 0 Å². The number of hydrogen-bond donors (Lipinski definition) is 1. The highest BCUT2D eigenvalue weighted by atomic mass is 32.2. The summed E-state index contributed by atoms with van der Waals surface area (Å²) in [7, 11) is 0. The maximum atomic E-state index is 12.6. The van der Waals surface area contributed by atoms with Crippen LogP contribution in [0, 0.1) is 0 Å². The molecule has 148 valence electrons. The molecule has 1 N–H and O–H groups in total. The lowest BCUT2D eigenvalue weighted by Crippen LogP contribution is -2.01. The van der Waals surface area contributed by atoms with Crippen LogP contribution in [0.5, 0.6) is 5.75 Å². The Morgan fingerprint density at radius 2 is 1.97 bits per heavy atom. The van der Waals surface area contributed by atoms with E-state index in [9.17, 15) is 4.79 Å². The first-order valence-corrected chi connectivity index (χ1v) is 10.3. The number of para-hydroxylation sites is 2. The number of H-pyrrole nitrogens is 1. The lowest BCUT2D eigenvalue weighted by Gasteiger charge is -2.06. The SMILES string of the molecule is O=C(CSc1nnc(COc2cccc3cccnc23)o1)c1c[nH]c2ccccc12. The van der Waals surface area contributed by atoms with Gasteiger partial charge >= 0.3 is 0 Å². The number of carbonyl (C=O) groups excluding carboxylic acids is 1. The standard InChI is InChI=1S/C22H16N4O3S/c27-18(16-11-24-17-8-2-1-7-15(16)17)13-30-22-26-25-20(29-22)12-28-19-9-3-5-14-6-4-10-23-21(14)19/h1-11,24H,12-13H2. The van der Waals surface area contributed by atoms with E-state index in [1.54, 1.807) is 12.4 Å². The summed E-state index contributed by atoms with van der Waals surface area (Å²) in [5.74, 6) is 1.19. The largest absolute Gasteiger partial charge is 0.482 e. The molecule has 5 rings (SSSR count). The minimum atomic E-state index is -0.00437. The average Bonchev–Trinajstić information content (AvgIpc) is 3.43. The molecule has 8 heteroatoms. The summed E-state index contributed by atoms with van der Waals surface area (Å²) in [6.07, 6.45) is 3.46. The number of rotatable bonds is 7. The van der Waals surface area contributed by atoms with E-state index in [-0.39, 0.29) is 18.1 Å². The van der Waals surface area contributed by atoms with E-state index >= 15 is 0 Å². The van der Waals surface area contributed by atoms with Gasteiger partial charge in [0.1, 0.15) is 11.3 Å². The molecule has 7 nitrogen and oxygen atoms in total. The van der Waals surface area contributed by atoms with Crippen molar-refractivity contribution >= 4 is 39.4 Å². The number of fused-ring (bicyclic) bond motifs is 2. The molecule has 0 aliphatic carbocycles. The smallest absolute Gasteiger partial charge is 0.277 e. The van der Waals surface area contributed by atoms with Crippen molar-refractivity contribution in [2.24, 2.45) is 0 Å². The van der Waals surface area contributed by atoms with Crippen molar-refractivity contribution in [3.8, 4) is 5.75 Å². The van der Waals surface area contributed by atoms with Gasteiger partial charge in [-0.1, -0.05) is 48.2 Å². The lowest BCUT2D eigenvalue weighted by molar-refractivity contribution is 0.102. The Balaban J connectivity index is 1.22. The first-order chi connectivity index (χ1) is 14.8. The summed E-state index contributed by atoms with van der Waals surface area (Å²) in [6, 6.07) is 17.3. The molecule has 0 saturated carbocycles. The summed E-state index contributed by atoms with van der Waals surface area (Å²) in [5.41, 5.74) is 2.37. The molecule has 0 unspecified atom stereocenters. The third-order valence-corrected chi connectivity index (χ3v) is 5.43. The number of pyridine rings is 1. The number of thioether (sulfide) groups is 1. The Kier molecular flexibility index (Phi) is 4.90. The quantitative estimate of drug-likeness (QED) is 0.305. The zero-order valence-corrected chi connectivity index (χ0v) is 16.6. The van der Waals surface area contributed by atoms with Crippen LogP contribution in [-0.4, -0.2) is 31.7 Å². The zero-order chi connectivity index (χ0) is 20.3. The topological polar surface area (TPSA) is 93.9 Å². The Labute approximate surface area is 175 Å². The van der Waals surface area contributed by atoms with Crippen molar-refractivity contribution in [3.63, 3.8) is 0 Å². The highest BCUT2D eigenvalue weighted by Gasteiger charge is 2.15. The molecule has 3 heterocycles. The fraction of sp³-hybridized carbons (Fsp3) is 0.0909. The van der Waals surface area contributed by atoms with E-state index in [1.165, 1.54) is 11.8 Å². The van der Waals surface area contributed by atoms with E-state index in [0.717, 1.165) is 21.8 Å². The van der Waals surface area contributed by atoms with E-state index in [2.05, 4.69) is 20.2 Å². The van der Waals surface area contributed by atoms with Crippen molar-refractivity contribution in [2.75, 3.05) is 5.75 Å². The molecule has 0 atom stereocenters.